The molecule has 0 unspecified atom stereocenters. The van der Waals surface area contributed by atoms with E-state index >= 15 is 0 Å². The van der Waals surface area contributed by atoms with Crippen LogP contribution in [-0.2, 0) is 0 Å². The van der Waals surface area contributed by atoms with E-state index in [-0.39, 0.29) is 0 Å². The number of rotatable bonds is 5. The average Bonchev–Trinajstić information content (AvgIpc) is 2.89. The first-order valence-electron chi connectivity index (χ1n) is 10.8. The van der Waals surface area contributed by atoms with Crippen molar-refractivity contribution in [2.45, 2.75) is 0 Å². The van der Waals surface area contributed by atoms with Gasteiger partial charge in [0.15, 0.2) is 0 Å². The van der Waals surface area contributed by atoms with Crippen LogP contribution < -0.4 is 0 Å². The Labute approximate surface area is 189 Å². The SMILES string of the molecule is C=Cc1ccc(-c2ccc(-c3cc(-c4ccccc4)nc(-c4ccccc4)c3)cc2)cc1. The van der Waals surface area contributed by atoms with Gasteiger partial charge in [0.2, 0.25) is 0 Å². The summed E-state index contributed by atoms with van der Waals surface area (Å²) in [6, 6.07) is 42.3. The first-order chi connectivity index (χ1) is 15.8. The van der Waals surface area contributed by atoms with Gasteiger partial charge in [0.25, 0.3) is 0 Å². The molecule has 32 heavy (non-hydrogen) atoms. The van der Waals surface area contributed by atoms with E-state index in [0.717, 1.165) is 33.6 Å². The fraction of sp³-hybridized carbons (Fsp3) is 0. The van der Waals surface area contributed by atoms with Crippen molar-refractivity contribution in [2.24, 2.45) is 0 Å². The van der Waals surface area contributed by atoms with Crippen molar-refractivity contribution in [3.63, 3.8) is 0 Å². The van der Waals surface area contributed by atoms with Gasteiger partial charge in [-0.1, -0.05) is 122 Å². The van der Waals surface area contributed by atoms with Gasteiger partial charge in [-0.3, -0.25) is 0 Å². The second kappa shape index (κ2) is 8.87. The highest BCUT2D eigenvalue weighted by Gasteiger charge is 2.09. The molecule has 5 aromatic rings. The molecule has 0 aliphatic heterocycles. The number of benzene rings is 4. The summed E-state index contributed by atoms with van der Waals surface area (Å²) in [5, 5.41) is 0. The summed E-state index contributed by atoms with van der Waals surface area (Å²) < 4.78 is 0. The van der Waals surface area contributed by atoms with Gasteiger partial charge in [-0.15, -0.1) is 0 Å². The lowest BCUT2D eigenvalue weighted by Gasteiger charge is -2.11. The number of nitrogens with zero attached hydrogens (tertiary/aromatic N) is 1. The molecule has 0 spiro atoms. The normalized spacial score (nSPS) is 10.6. The van der Waals surface area contributed by atoms with Gasteiger partial charge < -0.3 is 0 Å². The van der Waals surface area contributed by atoms with E-state index in [9.17, 15) is 0 Å². The van der Waals surface area contributed by atoms with Crippen molar-refractivity contribution in [3.05, 3.63) is 133 Å². The number of pyridine rings is 1. The molecule has 0 bridgehead atoms. The molecule has 0 aliphatic carbocycles. The maximum absolute atomic E-state index is 4.97. The summed E-state index contributed by atoms with van der Waals surface area (Å²) in [5.74, 6) is 0. The lowest BCUT2D eigenvalue weighted by Crippen LogP contribution is -1.91. The summed E-state index contributed by atoms with van der Waals surface area (Å²) in [5.41, 5.74) is 10.0. The molecule has 1 heteroatoms. The Kier molecular flexibility index (Phi) is 5.47. The van der Waals surface area contributed by atoms with Gasteiger partial charge in [0, 0.05) is 11.1 Å². The van der Waals surface area contributed by atoms with Crippen LogP contribution in [0.2, 0.25) is 0 Å². The van der Waals surface area contributed by atoms with Crippen molar-refractivity contribution in [2.75, 3.05) is 0 Å². The monoisotopic (exact) mass is 409 g/mol. The molecule has 0 saturated heterocycles. The van der Waals surface area contributed by atoms with Crippen LogP contribution in [0.3, 0.4) is 0 Å². The van der Waals surface area contributed by atoms with E-state index in [0.29, 0.717) is 0 Å². The van der Waals surface area contributed by atoms with Crippen molar-refractivity contribution in [3.8, 4) is 44.8 Å². The molecule has 0 N–H and O–H groups in total. The van der Waals surface area contributed by atoms with E-state index in [4.69, 9.17) is 4.98 Å². The molecular formula is C31H23N. The molecule has 0 fully saturated rings. The van der Waals surface area contributed by atoms with Gasteiger partial charge in [0.05, 0.1) is 11.4 Å². The highest BCUT2D eigenvalue weighted by Crippen LogP contribution is 2.31. The van der Waals surface area contributed by atoms with Crippen LogP contribution in [0.1, 0.15) is 5.56 Å². The van der Waals surface area contributed by atoms with E-state index in [1.54, 1.807) is 0 Å². The first-order valence-corrected chi connectivity index (χ1v) is 10.8. The Bertz CT molecular complexity index is 1280. The molecule has 0 saturated carbocycles. The highest BCUT2D eigenvalue weighted by atomic mass is 14.7. The molecule has 4 aromatic carbocycles. The zero-order chi connectivity index (χ0) is 21.8. The Morgan fingerprint density at radius 1 is 0.438 bits per heavy atom. The van der Waals surface area contributed by atoms with Crippen LogP contribution in [0.15, 0.2) is 128 Å². The maximum Gasteiger partial charge on any atom is 0.0715 e. The van der Waals surface area contributed by atoms with E-state index < -0.39 is 0 Å². The lowest BCUT2D eigenvalue weighted by atomic mass is 9.97. The van der Waals surface area contributed by atoms with Crippen LogP contribution in [0.4, 0.5) is 0 Å². The maximum atomic E-state index is 4.97. The van der Waals surface area contributed by atoms with Crippen LogP contribution in [0.5, 0.6) is 0 Å². The summed E-state index contributed by atoms with van der Waals surface area (Å²) in [4.78, 5) is 4.97. The summed E-state index contributed by atoms with van der Waals surface area (Å²) in [7, 11) is 0. The topological polar surface area (TPSA) is 12.9 Å². The number of hydrogen-bond acceptors (Lipinski definition) is 1. The third-order valence-electron chi connectivity index (χ3n) is 5.66. The molecular weight excluding hydrogens is 386 g/mol. The predicted octanol–water partition coefficient (Wildman–Crippen LogP) is 8.39. The lowest BCUT2D eigenvalue weighted by molar-refractivity contribution is 1.32. The Morgan fingerprint density at radius 2 is 0.844 bits per heavy atom. The molecule has 0 atom stereocenters. The van der Waals surface area contributed by atoms with Gasteiger partial charge >= 0.3 is 0 Å². The highest BCUT2D eigenvalue weighted by molar-refractivity contribution is 5.78. The first kappa shape index (κ1) is 19.7. The molecule has 0 aliphatic rings. The quantitative estimate of drug-likeness (QED) is 0.284. The van der Waals surface area contributed by atoms with Crippen LogP contribution in [-0.4, -0.2) is 4.98 Å². The minimum atomic E-state index is 0.978. The van der Waals surface area contributed by atoms with Crippen molar-refractivity contribution in [1.82, 2.24) is 4.98 Å². The number of hydrogen-bond donors (Lipinski definition) is 0. The standard InChI is InChI=1S/C31H23N/c1-2-23-13-15-24(16-14-23)25-17-19-26(20-18-25)29-21-30(27-9-5-3-6-10-27)32-31(22-29)28-11-7-4-8-12-28/h2-22H,1H2. The third kappa shape index (κ3) is 4.14. The van der Waals surface area contributed by atoms with E-state index in [1.165, 1.54) is 16.7 Å². The van der Waals surface area contributed by atoms with Crippen LogP contribution in [0.25, 0.3) is 50.8 Å². The zero-order valence-electron chi connectivity index (χ0n) is 17.8. The Hall–Kier alpha value is -4.23. The van der Waals surface area contributed by atoms with Crippen molar-refractivity contribution >= 4 is 6.08 Å². The minimum absolute atomic E-state index is 0.978. The van der Waals surface area contributed by atoms with Gasteiger partial charge in [-0.05, 0) is 39.9 Å². The van der Waals surface area contributed by atoms with Gasteiger partial charge in [-0.25, -0.2) is 4.98 Å². The summed E-state index contributed by atoms with van der Waals surface area (Å²) in [6.45, 7) is 3.83. The van der Waals surface area contributed by atoms with Crippen molar-refractivity contribution < 1.29 is 0 Å². The molecule has 1 nitrogen and oxygen atoms in total. The van der Waals surface area contributed by atoms with Crippen LogP contribution in [0, 0.1) is 0 Å². The van der Waals surface area contributed by atoms with E-state index in [2.05, 4.69) is 116 Å². The smallest absolute Gasteiger partial charge is 0.0715 e. The Balaban J connectivity index is 1.56. The molecule has 152 valence electrons. The number of aromatic nitrogens is 1. The van der Waals surface area contributed by atoms with Gasteiger partial charge in [-0.2, -0.15) is 0 Å². The molecule has 1 heterocycles. The molecule has 0 amide bonds. The predicted molar refractivity (Wildman–Crippen MR) is 136 cm³/mol. The Morgan fingerprint density at radius 3 is 1.28 bits per heavy atom. The average molecular weight is 410 g/mol. The molecule has 0 radical (unpaired) electrons. The zero-order valence-corrected chi connectivity index (χ0v) is 17.8. The fourth-order valence-corrected chi connectivity index (χ4v) is 3.88. The van der Waals surface area contributed by atoms with E-state index in [1.807, 2.05) is 18.2 Å². The van der Waals surface area contributed by atoms with Crippen LogP contribution >= 0.6 is 0 Å². The third-order valence-corrected chi connectivity index (χ3v) is 5.66. The second-order valence-corrected chi connectivity index (χ2v) is 7.76. The second-order valence-electron chi connectivity index (χ2n) is 7.76. The van der Waals surface area contributed by atoms with Gasteiger partial charge in [0.1, 0.15) is 0 Å². The fourth-order valence-electron chi connectivity index (χ4n) is 3.88. The molecule has 5 rings (SSSR count). The largest absolute Gasteiger partial charge is 0.248 e. The van der Waals surface area contributed by atoms with Crippen molar-refractivity contribution in [1.29, 1.82) is 0 Å². The summed E-state index contributed by atoms with van der Waals surface area (Å²) in [6.07, 6.45) is 1.87. The molecule has 1 aromatic heterocycles. The summed E-state index contributed by atoms with van der Waals surface area (Å²) >= 11 is 0. The minimum Gasteiger partial charge on any atom is -0.248 e.